The van der Waals surface area contributed by atoms with Crippen LogP contribution in [0.3, 0.4) is 0 Å². The van der Waals surface area contributed by atoms with E-state index in [2.05, 4.69) is 9.97 Å². The molecule has 0 aliphatic heterocycles. The number of nitrogens with one attached hydrogen (secondary N) is 1. The topological polar surface area (TPSA) is 37.9 Å². The number of hydrogen-bond acceptors (Lipinski definition) is 2. The number of hydrogen-bond donors (Lipinski definition) is 1. The molecule has 3 heteroatoms. The van der Waals surface area contributed by atoms with Gasteiger partial charge in [-0.2, -0.15) is 0 Å². The smallest absolute Gasteiger partial charge is 0.130 e. The van der Waals surface area contributed by atoms with Crippen LogP contribution in [-0.2, 0) is 6.61 Å². The molecule has 0 fully saturated rings. The van der Waals surface area contributed by atoms with Crippen LogP contribution in [0.5, 0.6) is 5.75 Å². The lowest BCUT2D eigenvalue weighted by Gasteiger charge is -2.06. The standard InChI is InChI=1S/C12H14N2O/c1-9-5-3-4-6-12(9)15-8-11-7-13-10(2)14-11/h3-7H,8H2,1-2H3,(H,13,14). The summed E-state index contributed by atoms with van der Waals surface area (Å²) < 4.78 is 5.66. The van der Waals surface area contributed by atoms with E-state index in [-0.39, 0.29) is 0 Å². The van der Waals surface area contributed by atoms with Gasteiger partial charge in [0.25, 0.3) is 0 Å². The van der Waals surface area contributed by atoms with Crippen LogP contribution in [0.1, 0.15) is 17.1 Å². The summed E-state index contributed by atoms with van der Waals surface area (Å²) in [4.78, 5) is 7.25. The number of ether oxygens (including phenoxy) is 1. The quantitative estimate of drug-likeness (QED) is 0.830. The molecule has 15 heavy (non-hydrogen) atoms. The summed E-state index contributed by atoms with van der Waals surface area (Å²) in [7, 11) is 0. The molecular formula is C12H14N2O. The molecule has 0 radical (unpaired) electrons. The van der Waals surface area contributed by atoms with E-state index in [1.807, 2.05) is 38.1 Å². The summed E-state index contributed by atoms with van der Waals surface area (Å²) >= 11 is 0. The Morgan fingerprint density at radius 2 is 2.07 bits per heavy atom. The molecule has 2 aromatic rings. The Balaban J connectivity index is 2.02. The molecule has 2 rings (SSSR count). The molecule has 1 aromatic heterocycles. The Morgan fingerprint density at radius 1 is 1.27 bits per heavy atom. The Hall–Kier alpha value is -1.77. The largest absolute Gasteiger partial charge is 0.487 e. The van der Waals surface area contributed by atoms with Gasteiger partial charge in [-0.25, -0.2) is 4.98 Å². The summed E-state index contributed by atoms with van der Waals surface area (Å²) in [6.45, 7) is 4.50. The van der Waals surface area contributed by atoms with Crippen LogP contribution in [0.2, 0.25) is 0 Å². The average Bonchev–Trinajstić information content (AvgIpc) is 2.63. The molecule has 0 saturated heterocycles. The van der Waals surface area contributed by atoms with E-state index in [1.54, 1.807) is 6.20 Å². The highest BCUT2D eigenvalue weighted by atomic mass is 16.5. The summed E-state index contributed by atoms with van der Waals surface area (Å²) in [5, 5.41) is 0. The molecule has 0 bridgehead atoms. The zero-order valence-corrected chi connectivity index (χ0v) is 8.95. The highest BCUT2D eigenvalue weighted by Crippen LogP contribution is 2.17. The molecule has 0 spiro atoms. The first-order valence-electron chi connectivity index (χ1n) is 4.94. The third-order valence-corrected chi connectivity index (χ3v) is 2.23. The first kappa shape index (κ1) is 9.77. The Morgan fingerprint density at radius 3 is 2.73 bits per heavy atom. The average molecular weight is 202 g/mol. The molecule has 0 aliphatic rings. The van der Waals surface area contributed by atoms with Crippen LogP contribution >= 0.6 is 0 Å². The highest BCUT2D eigenvalue weighted by molar-refractivity contribution is 5.31. The Labute approximate surface area is 89.1 Å². The summed E-state index contributed by atoms with van der Waals surface area (Å²) in [5.74, 6) is 1.84. The van der Waals surface area contributed by atoms with Crippen LogP contribution in [0.15, 0.2) is 30.5 Å². The minimum atomic E-state index is 0.533. The first-order valence-corrected chi connectivity index (χ1v) is 4.94. The second kappa shape index (κ2) is 4.17. The van der Waals surface area contributed by atoms with E-state index in [1.165, 1.54) is 0 Å². The normalized spacial score (nSPS) is 10.3. The third kappa shape index (κ3) is 2.37. The van der Waals surface area contributed by atoms with Crippen molar-refractivity contribution >= 4 is 0 Å². The van der Waals surface area contributed by atoms with Crippen LogP contribution in [0.4, 0.5) is 0 Å². The first-order chi connectivity index (χ1) is 7.25. The molecule has 0 aliphatic carbocycles. The molecule has 0 unspecified atom stereocenters. The van der Waals surface area contributed by atoms with Gasteiger partial charge >= 0.3 is 0 Å². The second-order valence-electron chi connectivity index (χ2n) is 3.55. The van der Waals surface area contributed by atoms with Gasteiger partial charge in [-0.1, -0.05) is 18.2 Å². The van der Waals surface area contributed by atoms with Crippen molar-refractivity contribution in [2.24, 2.45) is 0 Å². The SMILES string of the molecule is Cc1ncc(COc2ccccc2C)[nH]1. The Bertz CT molecular complexity index is 448. The predicted molar refractivity (Wildman–Crippen MR) is 58.8 cm³/mol. The molecule has 0 atom stereocenters. The molecule has 1 aromatic carbocycles. The molecule has 1 heterocycles. The van der Waals surface area contributed by atoms with Gasteiger partial charge in [-0.05, 0) is 25.5 Å². The van der Waals surface area contributed by atoms with Crippen LogP contribution < -0.4 is 4.74 Å². The maximum Gasteiger partial charge on any atom is 0.130 e. The fourth-order valence-electron chi connectivity index (χ4n) is 1.42. The number of imidazole rings is 1. The number of rotatable bonds is 3. The molecule has 0 saturated carbocycles. The molecular weight excluding hydrogens is 188 g/mol. The lowest BCUT2D eigenvalue weighted by Crippen LogP contribution is -1.97. The zero-order chi connectivity index (χ0) is 10.7. The van der Waals surface area contributed by atoms with Gasteiger partial charge in [0.05, 0.1) is 11.9 Å². The van der Waals surface area contributed by atoms with Gasteiger partial charge in [0, 0.05) is 0 Å². The number of aryl methyl sites for hydroxylation is 2. The van der Waals surface area contributed by atoms with Crippen molar-refractivity contribution in [3.8, 4) is 5.75 Å². The lowest BCUT2D eigenvalue weighted by atomic mass is 10.2. The number of aromatic amines is 1. The van der Waals surface area contributed by atoms with E-state index in [4.69, 9.17) is 4.74 Å². The second-order valence-corrected chi connectivity index (χ2v) is 3.55. The van der Waals surface area contributed by atoms with Crippen molar-refractivity contribution < 1.29 is 4.74 Å². The molecule has 78 valence electrons. The van der Waals surface area contributed by atoms with Gasteiger partial charge in [0.2, 0.25) is 0 Å². The summed E-state index contributed by atoms with van der Waals surface area (Å²) in [6.07, 6.45) is 1.80. The number of para-hydroxylation sites is 1. The zero-order valence-electron chi connectivity index (χ0n) is 8.95. The van der Waals surface area contributed by atoms with Crippen molar-refractivity contribution in [3.05, 3.63) is 47.5 Å². The van der Waals surface area contributed by atoms with E-state index in [9.17, 15) is 0 Å². The van der Waals surface area contributed by atoms with Gasteiger partial charge in [-0.3, -0.25) is 0 Å². The maximum absolute atomic E-state index is 5.66. The van der Waals surface area contributed by atoms with Crippen LogP contribution in [0.25, 0.3) is 0 Å². The van der Waals surface area contributed by atoms with Crippen LogP contribution in [-0.4, -0.2) is 9.97 Å². The lowest BCUT2D eigenvalue weighted by molar-refractivity contribution is 0.300. The predicted octanol–water partition coefficient (Wildman–Crippen LogP) is 2.61. The monoisotopic (exact) mass is 202 g/mol. The van der Waals surface area contributed by atoms with Gasteiger partial charge in [0.15, 0.2) is 0 Å². The molecule has 3 nitrogen and oxygen atoms in total. The van der Waals surface area contributed by atoms with Crippen LogP contribution in [0, 0.1) is 13.8 Å². The van der Waals surface area contributed by atoms with Crippen molar-refractivity contribution in [1.82, 2.24) is 9.97 Å². The molecule has 1 N–H and O–H groups in total. The number of nitrogens with zero attached hydrogens (tertiary/aromatic N) is 1. The fraction of sp³-hybridized carbons (Fsp3) is 0.250. The summed E-state index contributed by atoms with van der Waals surface area (Å²) in [5.41, 5.74) is 2.14. The highest BCUT2D eigenvalue weighted by Gasteiger charge is 2.00. The van der Waals surface area contributed by atoms with Gasteiger partial charge in [-0.15, -0.1) is 0 Å². The van der Waals surface area contributed by atoms with Crippen molar-refractivity contribution in [2.45, 2.75) is 20.5 Å². The van der Waals surface area contributed by atoms with Gasteiger partial charge < -0.3 is 9.72 Å². The number of aromatic nitrogens is 2. The van der Waals surface area contributed by atoms with E-state index >= 15 is 0 Å². The minimum absolute atomic E-state index is 0.533. The maximum atomic E-state index is 5.66. The van der Waals surface area contributed by atoms with Crippen molar-refractivity contribution in [3.63, 3.8) is 0 Å². The molecule has 0 amide bonds. The van der Waals surface area contributed by atoms with Gasteiger partial charge in [0.1, 0.15) is 18.2 Å². The minimum Gasteiger partial charge on any atom is -0.487 e. The Kier molecular flexibility index (Phi) is 2.72. The fourth-order valence-corrected chi connectivity index (χ4v) is 1.42. The number of H-pyrrole nitrogens is 1. The van der Waals surface area contributed by atoms with E-state index in [0.29, 0.717) is 6.61 Å². The van der Waals surface area contributed by atoms with Crippen molar-refractivity contribution in [1.29, 1.82) is 0 Å². The third-order valence-electron chi connectivity index (χ3n) is 2.23. The number of benzene rings is 1. The van der Waals surface area contributed by atoms with Crippen molar-refractivity contribution in [2.75, 3.05) is 0 Å². The summed E-state index contributed by atoms with van der Waals surface area (Å²) in [6, 6.07) is 7.98. The van der Waals surface area contributed by atoms with E-state index in [0.717, 1.165) is 22.8 Å². The van der Waals surface area contributed by atoms with E-state index < -0.39 is 0 Å².